The summed E-state index contributed by atoms with van der Waals surface area (Å²) in [6.45, 7) is 0. The molecule has 1 heterocycles. The lowest BCUT2D eigenvalue weighted by atomic mass is 10.0. The molecule has 0 radical (unpaired) electrons. The van der Waals surface area contributed by atoms with Gasteiger partial charge in [0.25, 0.3) is 0 Å². The first kappa shape index (κ1) is 16.2. The summed E-state index contributed by atoms with van der Waals surface area (Å²) in [5.74, 6) is 0.306. The number of nitrogens with one attached hydrogen (secondary N) is 2. The molecule has 5 nitrogen and oxygen atoms in total. The topological polar surface area (TPSA) is 87.7 Å². The number of nitrogens with zero attached hydrogens (tertiary/aromatic N) is 2. The largest absolute Gasteiger partial charge is 0.383 e. The van der Waals surface area contributed by atoms with Gasteiger partial charge in [0, 0.05) is 11.6 Å². The third-order valence-electron chi connectivity index (χ3n) is 4.63. The van der Waals surface area contributed by atoms with Crippen molar-refractivity contribution in [3.63, 3.8) is 0 Å². The lowest BCUT2D eigenvalue weighted by Crippen LogP contribution is -2.23. The summed E-state index contributed by atoms with van der Waals surface area (Å²) in [6, 6.07) is 14.4. The first-order valence-electron chi connectivity index (χ1n) is 8.40. The highest BCUT2D eigenvalue weighted by molar-refractivity contribution is 6.16. The van der Waals surface area contributed by atoms with Crippen molar-refractivity contribution < 1.29 is 4.39 Å². The van der Waals surface area contributed by atoms with E-state index in [1.54, 1.807) is 12.1 Å². The number of anilines is 2. The van der Waals surface area contributed by atoms with Crippen LogP contribution in [0.2, 0.25) is 0 Å². The van der Waals surface area contributed by atoms with Crippen molar-refractivity contribution >= 4 is 17.3 Å². The molecule has 130 valence electrons. The Morgan fingerprint density at radius 2 is 1.81 bits per heavy atom. The Morgan fingerprint density at radius 3 is 2.50 bits per heavy atom. The van der Waals surface area contributed by atoms with Crippen LogP contribution in [0.25, 0.3) is 0 Å². The summed E-state index contributed by atoms with van der Waals surface area (Å²) in [5.41, 5.74) is 9.59. The van der Waals surface area contributed by atoms with Gasteiger partial charge in [0.05, 0.1) is 11.3 Å². The van der Waals surface area contributed by atoms with Crippen LogP contribution in [0.15, 0.2) is 54.9 Å². The number of benzene rings is 2. The molecule has 4 N–H and O–H groups in total. The summed E-state index contributed by atoms with van der Waals surface area (Å²) in [4.78, 5) is 8.31. The van der Waals surface area contributed by atoms with Crippen molar-refractivity contribution in [2.75, 3.05) is 11.1 Å². The molecule has 1 aliphatic rings. The molecule has 0 fully saturated rings. The number of aromatic nitrogens is 2. The summed E-state index contributed by atoms with van der Waals surface area (Å²) in [6.07, 6.45) is 3.14. The summed E-state index contributed by atoms with van der Waals surface area (Å²) >= 11 is 0. The van der Waals surface area contributed by atoms with E-state index < -0.39 is 5.82 Å². The molecule has 0 saturated carbocycles. The number of nitrogen functional groups attached to an aromatic ring is 1. The van der Waals surface area contributed by atoms with Crippen LogP contribution in [-0.4, -0.2) is 21.7 Å². The Bertz CT molecular complexity index is 960. The predicted molar refractivity (Wildman–Crippen MR) is 100 cm³/mol. The number of hydrogen-bond acceptors (Lipinski definition) is 5. The lowest BCUT2D eigenvalue weighted by Gasteiger charge is -2.17. The zero-order valence-corrected chi connectivity index (χ0v) is 14.0. The van der Waals surface area contributed by atoms with E-state index in [0.29, 0.717) is 16.9 Å². The molecule has 0 bridgehead atoms. The first-order chi connectivity index (χ1) is 12.6. The molecule has 0 spiro atoms. The molecule has 2 aromatic carbocycles. The number of rotatable bonds is 4. The summed E-state index contributed by atoms with van der Waals surface area (Å²) in [7, 11) is 0. The summed E-state index contributed by atoms with van der Waals surface area (Å²) < 4.78 is 13.5. The highest BCUT2D eigenvalue weighted by Crippen LogP contribution is 2.27. The maximum atomic E-state index is 13.5. The molecule has 26 heavy (non-hydrogen) atoms. The van der Waals surface area contributed by atoms with Crippen LogP contribution in [-0.2, 0) is 12.8 Å². The second kappa shape index (κ2) is 6.55. The fourth-order valence-electron chi connectivity index (χ4n) is 3.40. The second-order valence-electron chi connectivity index (χ2n) is 6.39. The number of hydrogen-bond donors (Lipinski definition) is 3. The Kier molecular flexibility index (Phi) is 4.08. The van der Waals surface area contributed by atoms with Gasteiger partial charge in [0.15, 0.2) is 0 Å². The molecular formula is C20H18FN5. The number of halogens is 1. The Balaban J connectivity index is 1.64. The van der Waals surface area contributed by atoms with Gasteiger partial charge >= 0.3 is 0 Å². The first-order valence-corrected chi connectivity index (χ1v) is 8.40. The van der Waals surface area contributed by atoms with Gasteiger partial charge in [0.1, 0.15) is 23.8 Å². The van der Waals surface area contributed by atoms with E-state index >= 15 is 0 Å². The van der Waals surface area contributed by atoms with Gasteiger partial charge in [-0.3, -0.25) is 5.41 Å². The minimum atomic E-state index is -0.400. The molecular weight excluding hydrogens is 329 g/mol. The normalized spacial score (nSPS) is 13.4. The van der Waals surface area contributed by atoms with Gasteiger partial charge < -0.3 is 11.1 Å². The van der Waals surface area contributed by atoms with Crippen molar-refractivity contribution in [2.45, 2.75) is 18.9 Å². The maximum Gasteiger partial charge on any atom is 0.141 e. The molecule has 1 aliphatic carbocycles. The van der Waals surface area contributed by atoms with Gasteiger partial charge in [-0.1, -0.05) is 36.4 Å². The van der Waals surface area contributed by atoms with Gasteiger partial charge in [0.2, 0.25) is 0 Å². The van der Waals surface area contributed by atoms with E-state index in [1.807, 2.05) is 12.1 Å². The Morgan fingerprint density at radius 1 is 1.08 bits per heavy atom. The minimum absolute atomic E-state index is 0.0978. The van der Waals surface area contributed by atoms with Crippen LogP contribution >= 0.6 is 0 Å². The monoisotopic (exact) mass is 347 g/mol. The smallest absolute Gasteiger partial charge is 0.141 e. The average Bonchev–Trinajstić information content (AvgIpc) is 3.04. The van der Waals surface area contributed by atoms with Crippen molar-refractivity contribution in [3.05, 3.63) is 82.9 Å². The molecule has 0 unspecified atom stereocenters. The van der Waals surface area contributed by atoms with Gasteiger partial charge in [-0.05, 0) is 36.1 Å². The third-order valence-corrected chi connectivity index (χ3v) is 4.63. The van der Waals surface area contributed by atoms with Crippen molar-refractivity contribution in [2.24, 2.45) is 0 Å². The maximum absolute atomic E-state index is 13.5. The fourth-order valence-corrected chi connectivity index (χ4v) is 3.40. The van der Waals surface area contributed by atoms with Crippen LogP contribution < -0.4 is 11.1 Å². The number of fused-ring (bicyclic) bond motifs is 1. The predicted octanol–water partition coefficient (Wildman–Crippen LogP) is 3.19. The van der Waals surface area contributed by atoms with Gasteiger partial charge in [-0.15, -0.1) is 0 Å². The number of nitrogens with two attached hydrogens (primary N) is 1. The van der Waals surface area contributed by atoms with E-state index in [0.717, 1.165) is 12.8 Å². The van der Waals surface area contributed by atoms with Crippen LogP contribution in [0.1, 0.15) is 22.3 Å². The van der Waals surface area contributed by atoms with Crippen LogP contribution in [0.5, 0.6) is 0 Å². The van der Waals surface area contributed by atoms with E-state index in [1.165, 1.54) is 29.6 Å². The molecule has 0 aliphatic heterocycles. The van der Waals surface area contributed by atoms with E-state index in [2.05, 4.69) is 27.4 Å². The highest BCUT2D eigenvalue weighted by Gasteiger charge is 2.24. The molecule has 1 aromatic heterocycles. The van der Waals surface area contributed by atoms with Crippen molar-refractivity contribution in [3.8, 4) is 0 Å². The van der Waals surface area contributed by atoms with Gasteiger partial charge in [-0.25, -0.2) is 14.4 Å². The summed E-state index contributed by atoms with van der Waals surface area (Å²) in [5, 5.41) is 11.9. The van der Waals surface area contributed by atoms with Crippen LogP contribution in [0.3, 0.4) is 0 Å². The second-order valence-corrected chi connectivity index (χ2v) is 6.39. The molecule has 6 heteroatoms. The molecule has 0 atom stereocenters. The molecule has 4 rings (SSSR count). The third kappa shape index (κ3) is 3.01. The zero-order valence-electron chi connectivity index (χ0n) is 14.0. The molecule has 3 aromatic rings. The van der Waals surface area contributed by atoms with Crippen LogP contribution in [0, 0.1) is 11.2 Å². The Labute approximate surface area is 150 Å². The fraction of sp³-hybridized carbons (Fsp3) is 0.150. The SMILES string of the molecule is N=C(c1cccc(F)c1)c1c(N)ncnc1NC1Cc2ccccc2C1. The minimum Gasteiger partial charge on any atom is -0.383 e. The molecule has 0 saturated heterocycles. The zero-order chi connectivity index (χ0) is 18.1. The Hall–Kier alpha value is -3.28. The van der Waals surface area contributed by atoms with E-state index in [9.17, 15) is 4.39 Å². The standard InChI is InChI=1S/C20H18FN5/c21-15-7-3-6-14(8-15)18(22)17-19(23)24-11-25-20(17)26-16-9-12-4-1-2-5-13(12)10-16/h1-8,11,16,22H,9-10H2,(H3,23,24,25,26). The highest BCUT2D eigenvalue weighted by atomic mass is 19.1. The van der Waals surface area contributed by atoms with Gasteiger partial charge in [-0.2, -0.15) is 0 Å². The quantitative estimate of drug-likeness (QED) is 0.633. The lowest BCUT2D eigenvalue weighted by molar-refractivity contribution is 0.627. The van der Waals surface area contributed by atoms with E-state index in [-0.39, 0.29) is 17.6 Å². The van der Waals surface area contributed by atoms with E-state index in [4.69, 9.17) is 11.1 Å². The molecule has 0 amide bonds. The van der Waals surface area contributed by atoms with Crippen LogP contribution in [0.4, 0.5) is 16.0 Å². The van der Waals surface area contributed by atoms with Crippen molar-refractivity contribution in [1.82, 2.24) is 9.97 Å². The van der Waals surface area contributed by atoms with Crippen molar-refractivity contribution in [1.29, 1.82) is 5.41 Å². The average molecular weight is 347 g/mol.